The van der Waals surface area contributed by atoms with Gasteiger partial charge in [-0.1, -0.05) is 169 Å². The molecule has 6 aromatic rings. The summed E-state index contributed by atoms with van der Waals surface area (Å²) in [7, 11) is 0. The number of benzene rings is 6. The van der Waals surface area contributed by atoms with Crippen molar-refractivity contribution in [2.75, 3.05) is 9.80 Å². The molecule has 0 N–H and O–H groups in total. The third-order valence-corrected chi connectivity index (χ3v) is 16.9. The van der Waals surface area contributed by atoms with Crippen LogP contribution in [0, 0.1) is 6.92 Å². The van der Waals surface area contributed by atoms with Crippen molar-refractivity contribution in [3.63, 3.8) is 0 Å². The van der Waals surface area contributed by atoms with Gasteiger partial charge in [-0.05, 0) is 145 Å². The zero-order chi connectivity index (χ0) is 44.6. The van der Waals surface area contributed by atoms with Crippen molar-refractivity contribution >= 4 is 51.5 Å². The molecule has 3 heterocycles. The fourth-order valence-electron chi connectivity index (χ4n) is 13.0. The summed E-state index contributed by atoms with van der Waals surface area (Å²) in [5.74, 6) is 0. The Labute approximate surface area is 379 Å². The predicted molar refractivity (Wildman–Crippen MR) is 272 cm³/mol. The molecule has 3 aliphatic heterocycles. The first-order valence-corrected chi connectivity index (χ1v) is 24.0. The van der Waals surface area contributed by atoms with Crippen LogP contribution >= 0.6 is 0 Å². The quantitative estimate of drug-likeness (QED) is 0.160. The molecular formula is C60H67BN2. The Morgan fingerprint density at radius 3 is 1.84 bits per heavy atom. The van der Waals surface area contributed by atoms with Crippen LogP contribution in [0.3, 0.4) is 0 Å². The Bertz CT molecular complexity index is 2930. The van der Waals surface area contributed by atoms with E-state index in [9.17, 15) is 0 Å². The highest BCUT2D eigenvalue weighted by Crippen LogP contribution is 2.63. The maximum atomic E-state index is 2.91. The Morgan fingerprint density at radius 1 is 0.524 bits per heavy atom. The smallest absolute Gasteiger partial charge is 0.252 e. The van der Waals surface area contributed by atoms with Crippen LogP contribution in [0.5, 0.6) is 0 Å². The van der Waals surface area contributed by atoms with E-state index in [1.165, 1.54) is 126 Å². The van der Waals surface area contributed by atoms with Crippen LogP contribution < -0.4 is 26.2 Å². The number of nitrogens with zero attached hydrogens (tertiary/aromatic N) is 2. The van der Waals surface area contributed by atoms with Gasteiger partial charge in [-0.25, -0.2) is 0 Å². The van der Waals surface area contributed by atoms with Crippen LogP contribution in [0.4, 0.5) is 28.4 Å². The lowest BCUT2D eigenvalue weighted by molar-refractivity contribution is 0.195. The van der Waals surface area contributed by atoms with E-state index in [2.05, 4.69) is 210 Å². The molecule has 1 fully saturated rings. The van der Waals surface area contributed by atoms with Crippen molar-refractivity contribution < 1.29 is 0 Å². The molecule has 1 saturated carbocycles. The third kappa shape index (κ3) is 5.44. The van der Waals surface area contributed by atoms with Gasteiger partial charge in [0.05, 0.1) is 11.2 Å². The summed E-state index contributed by atoms with van der Waals surface area (Å²) < 4.78 is 0. The summed E-state index contributed by atoms with van der Waals surface area (Å²) in [6.45, 7) is 34.0. The molecule has 2 atom stereocenters. The predicted octanol–water partition coefficient (Wildman–Crippen LogP) is 14.2. The molecule has 0 saturated heterocycles. The molecule has 5 aliphatic rings. The van der Waals surface area contributed by atoms with E-state index in [1.54, 1.807) is 5.56 Å². The van der Waals surface area contributed by atoms with Crippen LogP contribution in [-0.4, -0.2) is 12.3 Å². The van der Waals surface area contributed by atoms with Crippen molar-refractivity contribution in [3.05, 3.63) is 142 Å². The summed E-state index contributed by atoms with van der Waals surface area (Å²) in [4.78, 5) is 5.62. The van der Waals surface area contributed by atoms with Crippen LogP contribution in [0.15, 0.2) is 103 Å². The fraction of sp³-hybridized carbons (Fsp3) is 0.400. The first-order chi connectivity index (χ1) is 29.6. The van der Waals surface area contributed by atoms with Crippen molar-refractivity contribution in [3.8, 4) is 22.3 Å². The van der Waals surface area contributed by atoms with Gasteiger partial charge in [-0.15, -0.1) is 0 Å². The Morgan fingerprint density at radius 2 is 1.14 bits per heavy atom. The number of aryl methyl sites for hydroxylation is 1. The molecule has 6 aromatic carbocycles. The lowest BCUT2D eigenvalue weighted by Crippen LogP contribution is -2.65. The van der Waals surface area contributed by atoms with Gasteiger partial charge in [0.1, 0.15) is 0 Å². The molecule has 2 nitrogen and oxygen atoms in total. The van der Waals surface area contributed by atoms with Crippen molar-refractivity contribution in [1.82, 2.24) is 0 Å². The largest absolute Gasteiger partial charge is 0.335 e. The van der Waals surface area contributed by atoms with E-state index in [4.69, 9.17) is 0 Å². The summed E-state index contributed by atoms with van der Waals surface area (Å²) in [6, 6.07) is 41.4. The topological polar surface area (TPSA) is 6.48 Å². The number of fused-ring (bicyclic) bond motifs is 11. The number of rotatable bonds is 2. The number of hydrogen-bond donors (Lipinski definition) is 0. The maximum Gasteiger partial charge on any atom is 0.252 e. The molecule has 63 heavy (non-hydrogen) atoms. The molecular weight excluding hydrogens is 759 g/mol. The monoisotopic (exact) mass is 827 g/mol. The SMILES string of the molecule is Cc1cc2c3c(c1)N1c4c(cc(C(C)(C)C)cc4C4(C)CCCCC14C)B3c1c(ccc3c1-c1ccc(C(C)(C)C)cc1C3(C)C)N2c1ccc(C(C)(C)C)cc1-c1ccccc1. The molecule has 0 bridgehead atoms. The van der Waals surface area contributed by atoms with E-state index >= 15 is 0 Å². The van der Waals surface area contributed by atoms with Crippen LogP contribution in [0.25, 0.3) is 22.3 Å². The fourth-order valence-corrected chi connectivity index (χ4v) is 13.0. The second-order valence-corrected chi connectivity index (χ2v) is 24.2. The van der Waals surface area contributed by atoms with Crippen LogP contribution in [0.2, 0.25) is 0 Å². The van der Waals surface area contributed by atoms with Crippen molar-refractivity contribution in [1.29, 1.82) is 0 Å². The van der Waals surface area contributed by atoms with Crippen molar-refractivity contribution in [2.24, 2.45) is 0 Å². The highest BCUT2D eigenvalue weighted by Gasteiger charge is 2.62. The number of anilines is 5. The molecule has 3 heteroatoms. The summed E-state index contributed by atoms with van der Waals surface area (Å²) in [6.07, 6.45) is 4.95. The number of hydrogen-bond acceptors (Lipinski definition) is 2. The molecule has 0 aromatic heterocycles. The van der Waals surface area contributed by atoms with E-state index in [0.29, 0.717) is 0 Å². The zero-order valence-corrected chi connectivity index (χ0v) is 40.6. The minimum atomic E-state index is -0.155. The van der Waals surface area contributed by atoms with Gasteiger partial charge in [0.15, 0.2) is 0 Å². The summed E-state index contributed by atoms with van der Waals surface area (Å²) >= 11 is 0. The van der Waals surface area contributed by atoms with E-state index in [1.807, 2.05) is 0 Å². The van der Waals surface area contributed by atoms with Crippen LogP contribution in [0.1, 0.15) is 155 Å². The van der Waals surface area contributed by atoms with Gasteiger partial charge < -0.3 is 9.80 Å². The Kier molecular flexibility index (Phi) is 8.30. The average molecular weight is 827 g/mol. The first-order valence-electron chi connectivity index (χ1n) is 24.0. The second-order valence-electron chi connectivity index (χ2n) is 24.2. The van der Waals surface area contributed by atoms with Gasteiger partial charge in [-0.2, -0.15) is 0 Å². The van der Waals surface area contributed by atoms with Crippen LogP contribution in [-0.2, 0) is 27.1 Å². The highest BCUT2D eigenvalue weighted by molar-refractivity contribution is 7.01. The molecule has 0 radical (unpaired) electrons. The third-order valence-electron chi connectivity index (χ3n) is 16.9. The van der Waals surface area contributed by atoms with E-state index in [0.717, 1.165) is 0 Å². The van der Waals surface area contributed by atoms with E-state index < -0.39 is 0 Å². The highest BCUT2D eigenvalue weighted by atomic mass is 15.3. The first kappa shape index (κ1) is 40.7. The van der Waals surface area contributed by atoms with Gasteiger partial charge in [0.25, 0.3) is 6.71 Å². The molecule has 320 valence electrons. The lowest BCUT2D eigenvalue weighted by Gasteiger charge is -2.53. The normalized spacial score (nSPS) is 21.4. The standard InChI is InChI=1S/C60H67BN2/c1-36-30-49-52-50(31-36)63-54-45(59(13)28-18-19-29-60(59,63)14)34-40(57(8,9)10)35-46(54)61(52)53-48(27-25-43-51(53)41-24-22-39(56(5,6)7)33-44(41)58(43,11)12)62(49)47-26-23-38(55(2,3)4)32-42(47)37-20-16-15-17-21-37/h15-17,20-27,30-35H,18-19,28-29H2,1-14H3. The second kappa shape index (κ2) is 12.8. The molecule has 2 aliphatic carbocycles. The molecule has 0 spiro atoms. The molecule has 2 unspecified atom stereocenters. The van der Waals surface area contributed by atoms with Crippen molar-refractivity contribution in [2.45, 2.75) is 155 Å². The summed E-state index contributed by atoms with van der Waals surface area (Å²) in [5, 5.41) is 0. The van der Waals surface area contributed by atoms with Gasteiger partial charge >= 0.3 is 0 Å². The average Bonchev–Trinajstić information content (AvgIpc) is 3.58. The zero-order valence-electron chi connectivity index (χ0n) is 40.6. The molecule has 0 amide bonds. The molecule has 11 rings (SSSR count). The van der Waals surface area contributed by atoms with Gasteiger partial charge in [0, 0.05) is 39.1 Å². The Balaban J connectivity index is 1.32. The minimum Gasteiger partial charge on any atom is -0.335 e. The maximum absolute atomic E-state index is 2.91. The van der Waals surface area contributed by atoms with E-state index in [-0.39, 0.29) is 39.3 Å². The van der Waals surface area contributed by atoms with Gasteiger partial charge in [-0.3, -0.25) is 0 Å². The minimum absolute atomic E-state index is 0.00150. The Hall–Kier alpha value is -5.02. The van der Waals surface area contributed by atoms with Gasteiger partial charge in [0.2, 0.25) is 0 Å². The summed E-state index contributed by atoms with van der Waals surface area (Å²) in [5.41, 5.74) is 26.5. The lowest BCUT2D eigenvalue weighted by atomic mass is 9.32.